The van der Waals surface area contributed by atoms with E-state index in [9.17, 15) is 18.0 Å². The van der Waals surface area contributed by atoms with Crippen molar-refractivity contribution in [3.63, 3.8) is 0 Å². The van der Waals surface area contributed by atoms with E-state index >= 15 is 0 Å². The highest BCUT2D eigenvalue weighted by molar-refractivity contribution is 8.18. The molecule has 1 aromatic carbocycles. The number of hydrogen-bond donors (Lipinski definition) is 1. The quantitative estimate of drug-likeness (QED) is 0.768. The Hall–Kier alpha value is -2.19. The summed E-state index contributed by atoms with van der Waals surface area (Å²) in [6.07, 6.45) is -1.13. The Morgan fingerprint density at radius 1 is 1.32 bits per heavy atom. The van der Waals surface area contributed by atoms with Gasteiger partial charge in [-0.3, -0.25) is 4.79 Å². The van der Waals surface area contributed by atoms with Gasteiger partial charge in [0.15, 0.2) is 5.17 Å². The molecule has 1 aromatic heterocycles. The number of amidine groups is 1. The minimum atomic E-state index is -4.60. The normalized spacial score (nSPS) is 18.2. The van der Waals surface area contributed by atoms with Crippen LogP contribution in [0.4, 0.5) is 18.9 Å². The third kappa shape index (κ3) is 3.91. The average Bonchev–Trinajstić information content (AvgIpc) is 3.07. The molecule has 2 aromatic rings. The van der Waals surface area contributed by atoms with Gasteiger partial charge < -0.3 is 9.88 Å². The van der Waals surface area contributed by atoms with Crippen LogP contribution in [0.2, 0.25) is 5.02 Å². The number of alkyl halides is 3. The molecule has 1 amide bonds. The highest BCUT2D eigenvalue weighted by Gasteiger charge is 2.34. The van der Waals surface area contributed by atoms with E-state index in [1.165, 1.54) is 12.1 Å². The summed E-state index contributed by atoms with van der Waals surface area (Å²) in [7, 11) is 1.82. The highest BCUT2D eigenvalue weighted by atomic mass is 35.5. The van der Waals surface area contributed by atoms with Crippen LogP contribution in [0.3, 0.4) is 0 Å². The number of hydrogen-bond acceptors (Lipinski definition) is 3. The van der Waals surface area contributed by atoms with Crippen LogP contribution in [0.5, 0.6) is 0 Å². The first-order valence-corrected chi connectivity index (χ1v) is 8.21. The predicted octanol–water partition coefficient (Wildman–Crippen LogP) is 4.59. The average molecular weight is 386 g/mol. The molecular weight excluding hydrogens is 375 g/mol. The van der Waals surface area contributed by atoms with Gasteiger partial charge in [0.1, 0.15) is 0 Å². The summed E-state index contributed by atoms with van der Waals surface area (Å²) in [5.74, 6) is -0.410. The van der Waals surface area contributed by atoms with Crippen LogP contribution in [0.15, 0.2) is 46.4 Å². The number of aryl methyl sites for hydroxylation is 1. The number of aliphatic imine (C=N–C) groups is 1. The summed E-state index contributed by atoms with van der Waals surface area (Å²) >= 11 is 6.63. The second kappa shape index (κ2) is 6.61. The minimum absolute atomic E-state index is 0.0383. The van der Waals surface area contributed by atoms with Crippen LogP contribution in [0.25, 0.3) is 6.08 Å². The van der Waals surface area contributed by atoms with Gasteiger partial charge in [-0.1, -0.05) is 11.6 Å². The van der Waals surface area contributed by atoms with E-state index in [0.29, 0.717) is 4.91 Å². The second-order valence-corrected chi connectivity index (χ2v) is 6.65. The summed E-state index contributed by atoms with van der Waals surface area (Å²) in [6, 6.07) is 6.93. The molecule has 1 aliphatic heterocycles. The lowest BCUT2D eigenvalue weighted by Crippen LogP contribution is -2.19. The zero-order valence-corrected chi connectivity index (χ0v) is 14.3. The molecule has 0 atom stereocenters. The summed E-state index contributed by atoms with van der Waals surface area (Å²) in [5.41, 5.74) is -0.469. The molecule has 25 heavy (non-hydrogen) atoms. The van der Waals surface area contributed by atoms with Gasteiger partial charge in [0.05, 0.1) is 16.2 Å². The van der Waals surface area contributed by atoms with Crippen molar-refractivity contribution >= 4 is 46.2 Å². The number of aromatic nitrogens is 1. The molecule has 0 bridgehead atoms. The molecule has 0 unspecified atom stereocenters. The lowest BCUT2D eigenvalue weighted by Gasteiger charge is -2.10. The standard InChI is InChI=1S/C16H11ClF3N3OS/c1-23-6-2-3-10(23)8-13-14(24)22-15(25-13)21-12-5-4-9(17)7-11(12)16(18,19)20/h2-8H,1H3,(H,21,22,24)/b13-8-. The number of thioether (sulfide) groups is 1. The minimum Gasteiger partial charge on any atom is -0.351 e. The van der Waals surface area contributed by atoms with E-state index in [4.69, 9.17) is 11.6 Å². The highest BCUT2D eigenvalue weighted by Crippen LogP contribution is 2.39. The fourth-order valence-electron chi connectivity index (χ4n) is 2.18. The van der Waals surface area contributed by atoms with Crippen molar-refractivity contribution in [3.05, 3.63) is 57.7 Å². The first kappa shape index (κ1) is 17.6. The zero-order valence-electron chi connectivity index (χ0n) is 12.8. The fourth-order valence-corrected chi connectivity index (χ4v) is 3.17. The molecule has 1 saturated heterocycles. The Labute approximate surface area is 150 Å². The van der Waals surface area contributed by atoms with Crippen LogP contribution < -0.4 is 5.32 Å². The zero-order chi connectivity index (χ0) is 18.2. The molecule has 9 heteroatoms. The number of amides is 1. The van der Waals surface area contributed by atoms with Gasteiger partial charge >= 0.3 is 6.18 Å². The van der Waals surface area contributed by atoms with Crippen molar-refractivity contribution in [3.8, 4) is 0 Å². The van der Waals surface area contributed by atoms with Gasteiger partial charge in [0, 0.05) is 24.0 Å². The smallest absolute Gasteiger partial charge is 0.351 e. The van der Waals surface area contributed by atoms with Crippen molar-refractivity contribution in [2.24, 2.45) is 12.0 Å². The number of carbonyl (C=O) groups is 1. The van der Waals surface area contributed by atoms with Crippen LogP contribution >= 0.6 is 23.4 Å². The Morgan fingerprint density at radius 2 is 2.08 bits per heavy atom. The molecule has 1 N–H and O–H groups in total. The van der Waals surface area contributed by atoms with Gasteiger partial charge in [-0.2, -0.15) is 13.2 Å². The third-order valence-electron chi connectivity index (χ3n) is 3.40. The van der Waals surface area contributed by atoms with Gasteiger partial charge in [0.25, 0.3) is 5.91 Å². The number of nitrogens with zero attached hydrogens (tertiary/aromatic N) is 2. The number of benzene rings is 1. The second-order valence-electron chi connectivity index (χ2n) is 5.18. The van der Waals surface area contributed by atoms with E-state index < -0.39 is 17.6 Å². The van der Waals surface area contributed by atoms with Crippen molar-refractivity contribution in [1.29, 1.82) is 0 Å². The number of nitrogens with one attached hydrogen (secondary N) is 1. The van der Waals surface area contributed by atoms with E-state index in [2.05, 4.69) is 10.3 Å². The van der Waals surface area contributed by atoms with E-state index in [-0.39, 0.29) is 15.9 Å². The van der Waals surface area contributed by atoms with Crippen LogP contribution in [-0.2, 0) is 18.0 Å². The molecule has 0 aliphatic carbocycles. The Balaban J connectivity index is 1.93. The number of rotatable bonds is 2. The lowest BCUT2D eigenvalue weighted by atomic mass is 10.2. The first-order valence-electron chi connectivity index (χ1n) is 7.02. The molecular formula is C16H11ClF3N3OS. The maximum absolute atomic E-state index is 13.1. The molecule has 1 fully saturated rings. The Bertz CT molecular complexity index is 902. The van der Waals surface area contributed by atoms with Gasteiger partial charge in [0.2, 0.25) is 0 Å². The van der Waals surface area contributed by atoms with Crippen LogP contribution in [0.1, 0.15) is 11.3 Å². The SMILES string of the molecule is Cn1cccc1/C=C1\SC(=Nc2ccc(Cl)cc2C(F)(F)F)NC1=O. The van der Waals surface area contributed by atoms with E-state index in [1.54, 1.807) is 6.08 Å². The van der Waals surface area contributed by atoms with Gasteiger partial charge in [-0.15, -0.1) is 0 Å². The van der Waals surface area contributed by atoms with E-state index in [0.717, 1.165) is 23.5 Å². The van der Waals surface area contributed by atoms with Crippen LogP contribution in [0, 0.1) is 0 Å². The largest absolute Gasteiger partial charge is 0.418 e. The van der Waals surface area contributed by atoms with Gasteiger partial charge in [-0.25, -0.2) is 4.99 Å². The summed E-state index contributed by atoms with van der Waals surface area (Å²) in [5, 5.41) is 2.52. The summed E-state index contributed by atoms with van der Waals surface area (Å²) in [4.78, 5) is 16.3. The molecule has 130 valence electrons. The molecule has 3 rings (SSSR count). The van der Waals surface area contributed by atoms with Crippen molar-refractivity contribution < 1.29 is 18.0 Å². The lowest BCUT2D eigenvalue weighted by molar-refractivity contribution is -0.137. The van der Waals surface area contributed by atoms with Crippen LogP contribution in [-0.4, -0.2) is 15.6 Å². The first-order chi connectivity index (χ1) is 11.7. The Kier molecular flexibility index (Phi) is 4.66. The third-order valence-corrected chi connectivity index (χ3v) is 4.54. The predicted molar refractivity (Wildman–Crippen MR) is 92.7 cm³/mol. The topological polar surface area (TPSA) is 46.4 Å². The number of halogens is 4. The fraction of sp³-hybridized carbons (Fsp3) is 0.125. The molecule has 4 nitrogen and oxygen atoms in total. The van der Waals surface area contributed by atoms with E-state index in [1.807, 2.05) is 29.9 Å². The Morgan fingerprint density at radius 3 is 2.72 bits per heavy atom. The summed E-state index contributed by atoms with van der Waals surface area (Å²) in [6.45, 7) is 0. The van der Waals surface area contributed by atoms with Gasteiger partial charge in [-0.05, 0) is 48.2 Å². The maximum atomic E-state index is 13.1. The molecule has 0 spiro atoms. The molecule has 0 saturated carbocycles. The molecule has 2 heterocycles. The van der Waals surface area contributed by atoms with Crippen molar-refractivity contribution in [2.75, 3.05) is 0 Å². The molecule has 1 aliphatic rings. The monoisotopic (exact) mass is 385 g/mol. The molecule has 0 radical (unpaired) electrons. The van der Waals surface area contributed by atoms with Crippen molar-refractivity contribution in [1.82, 2.24) is 9.88 Å². The van der Waals surface area contributed by atoms with Crippen molar-refractivity contribution in [2.45, 2.75) is 6.18 Å². The maximum Gasteiger partial charge on any atom is 0.418 e. The number of carbonyl (C=O) groups excluding carboxylic acids is 1. The summed E-state index contributed by atoms with van der Waals surface area (Å²) < 4.78 is 41.2.